The quantitative estimate of drug-likeness (QED) is 0.324. The molecule has 1 aliphatic heterocycles. The Balaban J connectivity index is 1.52. The van der Waals surface area contributed by atoms with Gasteiger partial charge in [-0.2, -0.15) is 0 Å². The number of rotatable bonds is 6. The molecule has 0 bridgehead atoms. The van der Waals surface area contributed by atoms with Crippen LogP contribution in [-0.4, -0.2) is 17.3 Å². The first kappa shape index (κ1) is 22.0. The highest BCUT2D eigenvalue weighted by atomic mass is 32.2. The Morgan fingerprint density at radius 3 is 2.44 bits per heavy atom. The first-order valence-corrected chi connectivity index (χ1v) is 11.1. The molecule has 0 spiro atoms. The number of hydrogen-bond donors (Lipinski definition) is 0. The van der Waals surface area contributed by atoms with Gasteiger partial charge in [0.2, 0.25) is 0 Å². The van der Waals surface area contributed by atoms with E-state index in [1.54, 1.807) is 42.4 Å². The van der Waals surface area contributed by atoms with Crippen molar-refractivity contribution >= 4 is 46.0 Å². The molecule has 0 aliphatic carbocycles. The first-order valence-electron chi connectivity index (χ1n) is 9.84. The van der Waals surface area contributed by atoms with Gasteiger partial charge >= 0.3 is 0 Å². The lowest BCUT2D eigenvalue weighted by Gasteiger charge is -2.14. The molecule has 0 N–H and O–H groups in total. The van der Waals surface area contributed by atoms with Crippen molar-refractivity contribution in [3.05, 3.63) is 94.1 Å². The Hall–Kier alpha value is -3.16. The summed E-state index contributed by atoms with van der Waals surface area (Å²) in [6.07, 6.45) is 1.79. The van der Waals surface area contributed by atoms with Gasteiger partial charge < -0.3 is 9.47 Å². The number of carbonyl (C=O) groups excluding carboxylic acids is 1. The Kier molecular flexibility index (Phi) is 6.58. The molecule has 0 atom stereocenters. The van der Waals surface area contributed by atoms with E-state index >= 15 is 0 Å². The van der Waals surface area contributed by atoms with Gasteiger partial charge in [0.1, 0.15) is 12.4 Å². The van der Waals surface area contributed by atoms with Gasteiger partial charge in [0.25, 0.3) is 5.91 Å². The number of aryl methyl sites for hydroxylation is 1. The fourth-order valence-corrected chi connectivity index (χ4v) is 4.47. The average Bonchev–Trinajstić information content (AvgIpc) is 3.07. The zero-order valence-corrected chi connectivity index (χ0v) is 19.1. The summed E-state index contributed by atoms with van der Waals surface area (Å²) in [5, 5.41) is 0. The van der Waals surface area contributed by atoms with Crippen LogP contribution in [0.3, 0.4) is 0 Å². The smallest absolute Gasteiger partial charge is 0.270 e. The maximum Gasteiger partial charge on any atom is 0.270 e. The van der Waals surface area contributed by atoms with Crippen molar-refractivity contribution in [2.24, 2.45) is 0 Å². The zero-order valence-electron chi connectivity index (χ0n) is 17.5. The topological polar surface area (TPSA) is 38.8 Å². The lowest BCUT2D eigenvalue weighted by atomic mass is 10.1. The van der Waals surface area contributed by atoms with Crippen molar-refractivity contribution in [3.8, 4) is 11.5 Å². The molecular weight excluding hydrogens is 445 g/mol. The standard InChI is InChI=1S/C25H20FNO3S2/c1-16-3-10-20(11-4-16)27-24(28)23(32-25(27)31)14-18-7-12-21(22(13-18)29-2)30-15-17-5-8-19(26)9-6-17/h3-14H,15H2,1-2H3. The number of benzene rings is 3. The SMILES string of the molecule is COc1cc(C=C2SC(=S)N(c3ccc(C)cc3)C2=O)ccc1OCc1ccc(F)cc1. The van der Waals surface area contributed by atoms with E-state index in [-0.39, 0.29) is 18.3 Å². The molecule has 0 unspecified atom stereocenters. The van der Waals surface area contributed by atoms with E-state index in [0.717, 1.165) is 22.4 Å². The number of methoxy groups -OCH3 is 1. The Morgan fingerprint density at radius 2 is 1.75 bits per heavy atom. The number of ether oxygens (including phenoxy) is 2. The van der Waals surface area contributed by atoms with Crippen molar-refractivity contribution in [3.63, 3.8) is 0 Å². The van der Waals surface area contributed by atoms with Gasteiger partial charge in [-0.3, -0.25) is 9.69 Å². The summed E-state index contributed by atoms with van der Waals surface area (Å²) in [5.74, 6) is 0.652. The molecule has 4 nitrogen and oxygen atoms in total. The Labute approximate surface area is 195 Å². The highest BCUT2D eigenvalue weighted by molar-refractivity contribution is 8.27. The van der Waals surface area contributed by atoms with Crippen LogP contribution < -0.4 is 14.4 Å². The number of thiocarbonyl (C=S) groups is 1. The molecule has 3 aromatic rings. The van der Waals surface area contributed by atoms with E-state index in [9.17, 15) is 9.18 Å². The second-order valence-corrected chi connectivity index (χ2v) is 8.85. The monoisotopic (exact) mass is 465 g/mol. The van der Waals surface area contributed by atoms with E-state index in [1.165, 1.54) is 23.9 Å². The van der Waals surface area contributed by atoms with Crippen LogP contribution in [0, 0.1) is 12.7 Å². The molecule has 0 saturated carbocycles. The van der Waals surface area contributed by atoms with Gasteiger partial charge in [-0.1, -0.05) is 59.9 Å². The predicted octanol–water partition coefficient (Wildman–Crippen LogP) is 6.13. The minimum atomic E-state index is -0.288. The molecule has 1 aliphatic rings. The minimum Gasteiger partial charge on any atom is -0.493 e. The number of nitrogens with zero attached hydrogens (tertiary/aromatic N) is 1. The molecule has 162 valence electrons. The van der Waals surface area contributed by atoms with Gasteiger partial charge in [-0.25, -0.2) is 4.39 Å². The molecule has 1 saturated heterocycles. The van der Waals surface area contributed by atoms with Gasteiger partial charge in [-0.05, 0) is 60.5 Å². The van der Waals surface area contributed by atoms with Crippen LogP contribution in [0.15, 0.2) is 71.6 Å². The van der Waals surface area contributed by atoms with E-state index in [1.807, 2.05) is 37.3 Å². The number of anilines is 1. The summed E-state index contributed by atoms with van der Waals surface area (Å²) in [7, 11) is 1.56. The minimum absolute atomic E-state index is 0.153. The van der Waals surface area contributed by atoms with Crippen molar-refractivity contribution in [2.45, 2.75) is 13.5 Å². The van der Waals surface area contributed by atoms with E-state index < -0.39 is 0 Å². The maximum atomic E-state index is 13.1. The molecule has 32 heavy (non-hydrogen) atoms. The summed E-state index contributed by atoms with van der Waals surface area (Å²) in [6.45, 7) is 2.28. The third-order valence-corrected chi connectivity index (χ3v) is 6.18. The normalized spacial score (nSPS) is 14.8. The molecule has 1 heterocycles. The molecule has 7 heteroatoms. The fourth-order valence-electron chi connectivity index (χ4n) is 3.17. The molecule has 1 fully saturated rings. The highest BCUT2D eigenvalue weighted by Crippen LogP contribution is 2.37. The van der Waals surface area contributed by atoms with Gasteiger partial charge in [0, 0.05) is 0 Å². The van der Waals surface area contributed by atoms with Crippen LogP contribution in [0.1, 0.15) is 16.7 Å². The summed E-state index contributed by atoms with van der Waals surface area (Å²) >= 11 is 6.71. The summed E-state index contributed by atoms with van der Waals surface area (Å²) < 4.78 is 24.9. The van der Waals surface area contributed by atoms with Gasteiger partial charge in [-0.15, -0.1) is 0 Å². The average molecular weight is 466 g/mol. The molecular formula is C25H20FNO3S2. The second-order valence-electron chi connectivity index (χ2n) is 7.18. The number of thioether (sulfide) groups is 1. The second kappa shape index (κ2) is 9.54. The largest absolute Gasteiger partial charge is 0.493 e. The van der Waals surface area contributed by atoms with E-state index in [4.69, 9.17) is 21.7 Å². The Morgan fingerprint density at radius 1 is 1.03 bits per heavy atom. The molecule has 3 aromatic carbocycles. The summed E-state index contributed by atoms with van der Waals surface area (Å²) in [5.41, 5.74) is 3.50. The molecule has 1 amide bonds. The maximum absolute atomic E-state index is 13.1. The van der Waals surface area contributed by atoms with E-state index in [2.05, 4.69) is 0 Å². The number of halogens is 1. The summed E-state index contributed by atoms with van der Waals surface area (Å²) in [4.78, 5) is 15.1. The van der Waals surface area contributed by atoms with Crippen LogP contribution in [0.25, 0.3) is 6.08 Å². The van der Waals surface area contributed by atoms with Crippen molar-refractivity contribution in [1.29, 1.82) is 0 Å². The summed E-state index contributed by atoms with van der Waals surface area (Å²) in [6, 6.07) is 19.3. The number of hydrogen-bond acceptors (Lipinski definition) is 5. The predicted molar refractivity (Wildman–Crippen MR) is 131 cm³/mol. The van der Waals surface area contributed by atoms with Gasteiger partial charge in [0.15, 0.2) is 15.8 Å². The van der Waals surface area contributed by atoms with Crippen LogP contribution in [-0.2, 0) is 11.4 Å². The third kappa shape index (κ3) is 4.84. The zero-order chi connectivity index (χ0) is 22.7. The van der Waals surface area contributed by atoms with Crippen molar-refractivity contribution in [1.82, 2.24) is 0 Å². The first-order chi connectivity index (χ1) is 15.4. The highest BCUT2D eigenvalue weighted by Gasteiger charge is 2.33. The van der Waals surface area contributed by atoms with Crippen LogP contribution in [0.5, 0.6) is 11.5 Å². The van der Waals surface area contributed by atoms with Crippen LogP contribution in [0.4, 0.5) is 10.1 Å². The van der Waals surface area contributed by atoms with E-state index in [0.29, 0.717) is 20.7 Å². The molecule has 4 rings (SSSR count). The molecule has 0 aromatic heterocycles. The fraction of sp³-hybridized carbons (Fsp3) is 0.120. The number of amides is 1. The van der Waals surface area contributed by atoms with Crippen LogP contribution >= 0.6 is 24.0 Å². The van der Waals surface area contributed by atoms with Crippen LogP contribution in [0.2, 0.25) is 0 Å². The Bertz CT molecular complexity index is 1190. The van der Waals surface area contributed by atoms with Crippen molar-refractivity contribution < 1.29 is 18.7 Å². The third-order valence-electron chi connectivity index (χ3n) is 4.88. The lowest BCUT2D eigenvalue weighted by Crippen LogP contribution is -2.27. The molecule has 0 radical (unpaired) electrons. The van der Waals surface area contributed by atoms with Crippen molar-refractivity contribution in [2.75, 3.05) is 12.0 Å². The number of carbonyl (C=O) groups is 1. The lowest BCUT2D eigenvalue weighted by molar-refractivity contribution is -0.113. The van der Waals surface area contributed by atoms with Gasteiger partial charge in [0.05, 0.1) is 17.7 Å².